The number of anilines is 2. The van der Waals surface area contributed by atoms with Crippen LogP contribution in [0.15, 0.2) is 71.6 Å². The Bertz CT molecular complexity index is 1810. The Morgan fingerprint density at radius 3 is 2.51 bits per heavy atom. The monoisotopic (exact) mass is 618 g/mol. The minimum atomic E-state index is -4.20. The molecule has 0 saturated carbocycles. The summed E-state index contributed by atoms with van der Waals surface area (Å²) < 4.78 is 35.8. The molecule has 0 spiro atoms. The molecule has 43 heavy (non-hydrogen) atoms. The second-order valence-electron chi connectivity index (χ2n) is 10.7. The van der Waals surface area contributed by atoms with Crippen LogP contribution in [0.3, 0.4) is 0 Å². The summed E-state index contributed by atoms with van der Waals surface area (Å²) >= 11 is 1.56. The molecule has 2 aliphatic rings. The Hall–Kier alpha value is -3.97. The van der Waals surface area contributed by atoms with Crippen LogP contribution in [0.2, 0.25) is 0 Å². The predicted octanol–water partition coefficient (Wildman–Crippen LogP) is 4.73. The minimum absolute atomic E-state index is 0.0475. The first-order valence-corrected chi connectivity index (χ1v) is 16.2. The molecule has 12 heteroatoms. The van der Waals surface area contributed by atoms with Gasteiger partial charge in [0.1, 0.15) is 11.0 Å². The molecule has 0 bridgehead atoms. The van der Waals surface area contributed by atoms with E-state index in [0.29, 0.717) is 24.4 Å². The molecule has 2 fully saturated rings. The van der Waals surface area contributed by atoms with Gasteiger partial charge in [-0.15, -0.1) is 11.3 Å². The number of hydrogen-bond acceptors (Lipinski definition) is 8. The van der Waals surface area contributed by atoms with Gasteiger partial charge in [-0.05, 0) is 86.0 Å². The molecule has 3 heterocycles. The zero-order valence-corrected chi connectivity index (χ0v) is 25.3. The van der Waals surface area contributed by atoms with Crippen molar-refractivity contribution in [2.75, 3.05) is 23.4 Å². The number of benzene rings is 3. The van der Waals surface area contributed by atoms with Crippen LogP contribution in [0.1, 0.15) is 31.7 Å². The number of ether oxygens (including phenoxy) is 1. The lowest BCUT2D eigenvalue weighted by atomic mass is 10.2. The van der Waals surface area contributed by atoms with Gasteiger partial charge in [0.05, 0.1) is 33.3 Å². The molecule has 0 aliphatic carbocycles. The molecule has 6 rings (SSSR count). The number of aryl methyl sites for hydroxylation is 1. The van der Waals surface area contributed by atoms with Gasteiger partial charge in [0, 0.05) is 31.3 Å². The molecule has 2 aliphatic heterocycles. The second kappa shape index (κ2) is 11.6. The van der Waals surface area contributed by atoms with Gasteiger partial charge >= 0.3 is 0 Å². The summed E-state index contributed by atoms with van der Waals surface area (Å²) in [4.78, 5) is 44.2. The molecular weight excluding hydrogens is 588 g/mol. The number of carbonyl (C=O) groups is 3. The van der Waals surface area contributed by atoms with Gasteiger partial charge in [-0.25, -0.2) is 18.3 Å². The van der Waals surface area contributed by atoms with Gasteiger partial charge < -0.3 is 10.1 Å². The van der Waals surface area contributed by atoms with E-state index in [0.717, 1.165) is 42.0 Å². The lowest BCUT2D eigenvalue weighted by molar-refractivity contribution is -0.122. The van der Waals surface area contributed by atoms with Crippen LogP contribution in [-0.2, 0) is 29.1 Å². The van der Waals surface area contributed by atoms with E-state index in [2.05, 4.69) is 11.4 Å². The first-order chi connectivity index (χ1) is 20.6. The molecule has 10 nitrogen and oxygen atoms in total. The zero-order chi connectivity index (χ0) is 30.3. The van der Waals surface area contributed by atoms with Gasteiger partial charge in [0.2, 0.25) is 21.8 Å². The average Bonchev–Trinajstić information content (AvgIpc) is 3.71. The van der Waals surface area contributed by atoms with Gasteiger partial charge in [-0.2, -0.15) is 4.31 Å². The average molecular weight is 619 g/mol. The van der Waals surface area contributed by atoms with Crippen molar-refractivity contribution in [3.05, 3.63) is 72.3 Å². The topological polar surface area (TPSA) is 126 Å². The van der Waals surface area contributed by atoms with E-state index in [1.807, 2.05) is 31.2 Å². The Kier molecular flexibility index (Phi) is 7.86. The first kappa shape index (κ1) is 29.1. The third-order valence-corrected chi connectivity index (χ3v) is 10.5. The van der Waals surface area contributed by atoms with E-state index in [1.54, 1.807) is 23.5 Å². The Balaban J connectivity index is 1.27. The van der Waals surface area contributed by atoms with E-state index in [9.17, 15) is 22.8 Å². The molecule has 2 saturated heterocycles. The molecular formula is C31H30N4O6S2. The minimum Gasteiger partial charge on any atom is -0.377 e. The number of nitrogens with zero attached hydrogens (tertiary/aromatic N) is 3. The standard InChI is InChI=1S/C31H30N4O6S2/c1-19-5-14-26-28(16-19)42-30(33-26)21-6-10-23(11-7-21)35-29(37)17-27(31(35)38)34(18-24-4-3-15-41-24)43(39,40)25-12-8-22(9-13-25)32-20(2)36/h5-14,16,24,27H,3-4,15,17-18H2,1-2H3,(H,32,36). The fraction of sp³-hybridized carbons (Fsp3) is 0.290. The highest BCUT2D eigenvalue weighted by Gasteiger charge is 2.47. The summed E-state index contributed by atoms with van der Waals surface area (Å²) in [5.74, 6) is -1.37. The SMILES string of the molecule is CC(=O)Nc1ccc(S(=O)(=O)N(CC2CCCO2)C2CC(=O)N(c3ccc(-c4nc5ccc(C)cc5s4)cc3)C2=O)cc1. The summed E-state index contributed by atoms with van der Waals surface area (Å²) in [5, 5.41) is 3.43. The molecule has 0 radical (unpaired) electrons. The quantitative estimate of drug-likeness (QED) is 0.283. The van der Waals surface area contributed by atoms with Crippen molar-refractivity contribution in [1.82, 2.24) is 9.29 Å². The highest BCUT2D eigenvalue weighted by Crippen LogP contribution is 2.34. The highest BCUT2D eigenvalue weighted by molar-refractivity contribution is 7.89. The van der Waals surface area contributed by atoms with E-state index < -0.39 is 27.9 Å². The molecule has 222 valence electrons. The van der Waals surface area contributed by atoms with E-state index in [-0.39, 0.29) is 29.9 Å². The lowest BCUT2D eigenvalue weighted by Gasteiger charge is -2.29. The smallest absolute Gasteiger partial charge is 0.252 e. The number of fused-ring (bicyclic) bond motifs is 1. The van der Waals surface area contributed by atoms with Crippen LogP contribution in [0, 0.1) is 6.92 Å². The third-order valence-electron chi connectivity index (χ3n) is 7.58. The summed E-state index contributed by atoms with van der Waals surface area (Å²) in [6.07, 6.45) is 0.767. The lowest BCUT2D eigenvalue weighted by Crippen LogP contribution is -2.48. The molecule has 2 atom stereocenters. The first-order valence-electron chi connectivity index (χ1n) is 14.0. The molecule has 3 amide bonds. The molecule has 3 aromatic carbocycles. The summed E-state index contributed by atoms with van der Waals surface area (Å²) in [7, 11) is -4.20. The van der Waals surface area contributed by atoms with Crippen LogP contribution in [0.4, 0.5) is 11.4 Å². The molecule has 2 unspecified atom stereocenters. The number of hydrogen-bond donors (Lipinski definition) is 1. The van der Waals surface area contributed by atoms with E-state index >= 15 is 0 Å². The van der Waals surface area contributed by atoms with Gasteiger partial charge in [-0.3, -0.25) is 14.4 Å². The number of thiazole rings is 1. The number of imide groups is 1. The number of carbonyl (C=O) groups excluding carboxylic acids is 3. The van der Waals surface area contributed by atoms with E-state index in [1.165, 1.54) is 31.2 Å². The summed E-state index contributed by atoms with van der Waals surface area (Å²) in [6, 6.07) is 17.6. The second-order valence-corrected chi connectivity index (χ2v) is 13.7. The van der Waals surface area contributed by atoms with Crippen molar-refractivity contribution in [2.24, 2.45) is 0 Å². The van der Waals surface area contributed by atoms with Crippen molar-refractivity contribution in [2.45, 2.75) is 50.2 Å². The van der Waals surface area contributed by atoms with Gasteiger partial charge in [0.25, 0.3) is 5.91 Å². The molecule has 1 N–H and O–H groups in total. The normalized spacial score (nSPS) is 19.1. The van der Waals surface area contributed by atoms with Crippen LogP contribution in [-0.4, -0.2) is 60.7 Å². The van der Waals surface area contributed by atoms with Crippen molar-refractivity contribution in [3.8, 4) is 10.6 Å². The highest BCUT2D eigenvalue weighted by atomic mass is 32.2. The number of aromatic nitrogens is 1. The predicted molar refractivity (Wildman–Crippen MR) is 164 cm³/mol. The van der Waals surface area contributed by atoms with Gasteiger partial charge in [0.15, 0.2) is 0 Å². The Morgan fingerprint density at radius 1 is 1.09 bits per heavy atom. The third kappa shape index (κ3) is 5.83. The zero-order valence-electron chi connectivity index (χ0n) is 23.6. The van der Waals surface area contributed by atoms with E-state index in [4.69, 9.17) is 9.72 Å². The number of amides is 3. The summed E-state index contributed by atoms with van der Waals surface area (Å²) in [5.41, 5.74) is 3.71. The fourth-order valence-corrected chi connectivity index (χ4v) is 8.13. The number of rotatable bonds is 8. The van der Waals surface area contributed by atoms with Crippen LogP contribution >= 0.6 is 11.3 Å². The number of sulfonamides is 1. The Labute approximate surface area is 253 Å². The van der Waals surface area contributed by atoms with Crippen molar-refractivity contribution >= 4 is 60.7 Å². The van der Waals surface area contributed by atoms with Crippen LogP contribution in [0.5, 0.6) is 0 Å². The maximum absolute atomic E-state index is 13.9. The van der Waals surface area contributed by atoms with Crippen molar-refractivity contribution < 1.29 is 27.5 Å². The molecule has 1 aromatic heterocycles. The largest absolute Gasteiger partial charge is 0.377 e. The summed E-state index contributed by atoms with van der Waals surface area (Å²) in [6.45, 7) is 3.84. The fourth-order valence-electron chi connectivity index (χ4n) is 5.45. The van der Waals surface area contributed by atoms with Crippen molar-refractivity contribution in [3.63, 3.8) is 0 Å². The maximum atomic E-state index is 13.9. The number of nitrogens with one attached hydrogen (secondary N) is 1. The van der Waals surface area contributed by atoms with Crippen LogP contribution < -0.4 is 10.2 Å². The van der Waals surface area contributed by atoms with Gasteiger partial charge in [-0.1, -0.05) is 6.07 Å². The van der Waals surface area contributed by atoms with Crippen molar-refractivity contribution in [1.29, 1.82) is 0 Å². The Morgan fingerprint density at radius 2 is 1.84 bits per heavy atom. The molecule has 4 aromatic rings. The van der Waals surface area contributed by atoms with Crippen LogP contribution in [0.25, 0.3) is 20.8 Å². The maximum Gasteiger partial charge on any atom is 0.252 e.